The van der Waals surface area contributed by atoms with Crippen LogP contribution in [-0.2, 0) is 4.79 Å². The number of nitrogens with one attached hydrogen (secondary N) is 1. The van der Waals surface area contributed by atoms with Gasteiger partial charge in [0.2, 0.25) is 11.1 Å². The Morgan fingerprint density at radius 3 is 2.69 bits per heavy atom. The molecule has 0 aliphatic carbocycles. The van der Waals surface area contributed by atoms with Crippen molar-refractivity contribution in [2.75, 3.05) is 10.7 Å². The highest BCUT2D eigenvalue weighted by molar-refractivity contribution is 7.99. The van der Waals surface area contributed by atoms with E-state index in [4.69, 9.17) is 5.10 Å². The molecule has 0 bridgehead atoms. The predicted octanol–water partition coefficient (Wildman–Crippen LogP) is 3.22. The number of fused-ring (bicyclic) bond motifs is 3. The number of rotatable bonds is 4. The van der Waals surface area contributed by atoms with E-state index in [2.05, 4.69) is 11.6 Å². The van der Waals surface area contributed by atoms with Gasteiger partial charge in [-0.1, -0.05) is 47.7 Å². The van der Waals surface area contributed by atoms with Crippen LogP contribution in [0.25, 0.3) is 11.3 Å². The second kappa shape index (κ2) is 7.67. The predicted molar refractivity (Wildman–Crippen MR) is 114 cm³/mol. The minimum Gasteiger partial charge on any atom is -0.291 e. The van der Waals surface area contributed by atoms with Gasteiger partial charge in [-0.15, -0.1) is 6.58 Å². The lowest BCUT2D eigenvalue weighted by atomic mass is 10.0. The first-order chi connectivity index (χ1) is 14.0. The van der Waals surface area contributed by atoms with E-state index < -0.39 is 6.17 Å². The van der Waals surface area contributed by atoms with Crippen molar-refractivity contribution in [3.05, 3.63) is 82.7 Å². The highest BCUT2D eigenvalue weighted by Gasteiger charge is 2.44. The Morgan fingerprint density at radius 1 is 1.28 bits per heavy atom. The molecule has 1 N–H and O–H groups in total. The van der Waals surface area contributed by atoms with Crippen LogP contribution in [0.1, 0.15) is 24.2 Å². The minimum absolute atomic E-state index is 0.122. The molecule has 1 aliphatic heterocycles. The molecule has 3 aromatic rings. The first kappa shape index (κ1) is 19.1. The van der Waals surface area contributed by atoms with Gasteiger partial charge < -0.3 is 0 Å². The highest BCUT2D eigenvalue weighted by atomic mass is 32.2. The smallest absolute Gasteiger partial charge is 0.291 e. The Morgan fingerprint density at radius 2 is 2.00 bits per heavy atom. The number of thioether (sulfide) groups is 1. The van der Waals surface area contributed by atoms with E-state index >= 15 is 0 Å². The molecule has 2 aromatic carbocycles. The van der Waals surface area contributed by atoms with Crippen LogP contribution in [0.5, 0.6) is 0 Å². The van der Waals surface area contributed by atoms with Crippen molar-refractivity contribution < 1.29 is 9.48 Å². The van der Waals surface area contributed by atoms with E-state index in [0.717, 1.165) is 11.1 Å². The molecule has 6 nitrogen and oxygen atoms in total. The number of para-hydroxylation sites is 1. The molecule has 2 heterocycles. The summed E-state index contributed by atoms with van der Waals surface area (Å²) in [5.41, 5.74) is 3.57. The first-order valence-corrected chi connectivity index (χ1v) is 10.3. The minimum atomic E-state index is -0.552. The van der Waals surface area contributed by atoms with Gasteiger partial charge in [0.25, 0.3) is 6.17 Å². The molecule has 1 aliphatic rings. The number of nitrogens with zero attached hydrogens (tertiary/aromatic N) is 3. The van der Waals surface area contributed by atoms with Crippen LogP contribution in [0.4, 0.5) is 5.69 Å². The van der Waals surface area contributed by atoms with Crippen molar-refractivity contribution >= 4 is 23.4 Å². The van der Waals surface area contributed by atoms with Gasteiger partial charge in [-0.25, -0.2) is 4.90 Å². The topological polar surface area (TPSA) is 69.9 Å². The molecule has 0 saturated heterocycles. The van der Waals surface area contributed by atoms with E-state index in [1.54, 1.807) is 15.7 Å². The van der Waals surface area contributed by atoms with Crippen molar-refractivity contribution in [3.63, 3.8) is 0 Å². The van der Waals surface area contributed by atoms with Gasteiger partial charge in [-0.05, 0) is 35.9 Å². The number of amides is 1. The van der Waals surface area contributed by atoms with Crippen molar-refractivity contribution in [1.29, 1.82) is 0 Å². The monoisotopic (exact) mass is 405 g/mol. The Kier molecular flexibility index (Phi) is 5.07. The van der Waals surface area contributed by atoms with Gasteiger partial charge in [0.15, 0.2) is 0 Å². The van der Waals surface area contributed by atoms with E-state index in [1.165, 1.54) is 18.7 Å². The lowest BCUT2D eigenvalue weighted by Crippen LogP contribution is -2.60. The van der Waals surface area contributed by atoms with Crippen LogP contribution < -0.4 is 15.1 Å². The van der Waals surface area contributed by atoms with E-state index in [9.17, 15) is 9.59 Å². The number of carbonyl (C=O) groups is 1. The Labute approximate surface area is 172 Å². The van der Waals surface area contributed by atoms with E-state index in [-0.39, 0.29) is 11.5 Å². The number of anilines is 1. The molecule has 0 radical (unpaired) electrons. The first-order valence-electron chi connectivity index (χ1n) is 9.27. The maximum absolute atomic E-state index is 13.1. The van der Waals surface area contributed by atoms with Crippen LogP contribution in [0, 0.1) is 6.92 Å². The fraction of sp³-hybridized carbons (Fsp3) is 0.182. The van der Waals surface area contributed by atoms with Gasteiger partial charge in [0, 0.05) is 23.3 Å². The second-order valence-corrected chi connectivity index (χ2v) is 7.85. The van der Waals surface area contributed by atoms with Gasteiger partial charge in [-0.3, -0.25) is 14.6 Å². The zero-order valence-corrected chi connectivity index (χ0v) is 17.1. The lowest BCUT2D eigenvalue weighted by Gasteiger charge is -2.31. The van der Waals surface area contributed by atoms with Crippen LogP contribution in [0.2, 0.25) is 0 Å². The number of aromatic nitrogens is 3. The summed E-state index contributed by atoms with van der Waals surface area (Å²) < 4.78 is 1.67. The quantitative estimate of drug-likeness (QED) is 0.411. The number of aryl methyl sites for hydroxylation is 1. The average molecular weight is 406 g/mol. The molecule has 29 heavy (non-hydrogen) atoms. The fourth-order valence-electron chi connectivity index (χ4n) is 3.55. The number of H-pyrrole nitrogens is 1. The summed E-state index contributed by atoms with van der Waals surface area (Å²) in [4.78, 5) is 30.4. The van der Waals surface area contributed by atoms with Crippen LogP contribution >= 0.6 is 11.8 Å². The summed E-state index contributed by atoms with van der Waals surface area (Å²) in [6, 6.07) is 15.4. The molecule has 1 aromatic heterocycles. The fourth-order valence-corrected chi connectivity index (χ4v) is 4.14. The SMILES string of the molecule is C=CCSc1n[n+]2c(c(=O)[nH]1)-c1ccccc1N(C(C)=O)C2c1ccc(C)cc1. The zero-order valence-electron chi connectivity index (χ0n) is 16.3. The summed E-state index contributed by atoms with van der Waals surface area (Å²) in [5, 5.41) is 5.19. The molecule has 146 valence electrons. The van der Waals surface area contributed by atoms with E-state index in [0.29, 0.717) is 27.9 Å². The molecule has 0 saturated carbocycles. The second-order valence-electron chi connectivity index (χ2n) is 6.84. The summed E-state index contributed by atoms with van der Waals surface area (Å²) in [6.45, 7) is 7.26. The number of benzene rings is 2. The summed E-state index contributed by atoms with van der Waals surface area (Å²) in [5.74, 6) is 0.494. The van der Waals surface area contributed by atoms with Crippen molar-refractivity contribution in [2.24, 2.45) is 0 Å². The van der Waals surface area contributed by atoms with Crippen LogP contribution in [0.3, 0.4) is 0 Å². The van der Waals surface area contributed by atoms with Crippen molar-refractivity contribution in [3.8, 4) is 11.3 Å². The summed E-state index contributed by atoms with van der Waals surface area (Å²) in [6.07, 6.45) is 1.20. The molecular weight excluding hydrogens is 384 g/mol. The standard InChI is InChI=1S/C22H20N4O2S/c1-4-13-29-22-23-20(28)19-17-7-5-6-8-18(17)25(15(3)27)21(26(19)24-22)16-11-9-14(2)10-12-16/h4-12,21H,1,13H2,2-3H3/p+1. The molecule has 1 unspecified atom stereocenters. The van der Waals surface area contributed by atoms with E-state index in [1.807, 2.05) is 55.5 Å². The average Bonchev–Trinajstić information content (AvgIpc) is 2.71. The van der Waals surface area contributed by atoms with Crippen LogP contribution in [-0.4, -0.2) is 21.7 Å². The summed E-state index contributed by atoms with van der Waals surface area (Å²) >= 11 is 1.39. The van der Waals surface area contributed by atoms with Crippen molar-refractivity contribution in [1.82, 2.24) is 10.1 Å². The van der Waals surface area contributed by atoms with Crippen molar-refractivity contribution in [2.45, 2.75) is 25.2 Å². The normalized spacial score (nSPS) is 14.8. The largest absolute Gasteiger partial charge is 0.325 e. The molecule has 4 rings (SSSR count). The van der Waals surface area contributed by atoms with Crippen LogP contribution in [0.15, 0.2) is 71.1 Å². The molecule has 0 fully saturated rings. The maximum atomic E-state index is 13.1. The molecule has 1 amide bonds. The third-order valence-electron chi connectivity index (χ3n) is 4.81. The zero-order chi connectivity index (χ0) is 20.5. The third kappa shape index (κ3) is 3.38. The van der Waals surface area contributed by atoms with Gasteiger partial charge in [-0.2, -0.15) is 0 Å². The number of carbonyl (C=O) groups excluding carboxylic acids is 1. The lowest BCUT2D eigenvalue weighted by molar-refractivity contribution is -0.763. The number of aromatic amines is 1. The summed E-state index contributed by atoms with van der Waals surface area (Å²) in [7, 11) is 0. The Balaban J connectivity index is 2.03. The molecule has 0 spiro atoms. The molecule has 7 heteroatoms. The maximum Gasteiger partial charge on any atom is 0.325 e. The number of hydrogen-bond acceptors (Lipinski definition) is 4. The van der Waals surface area contributed by atoms with Gasteiger partial charge >= 0.3 is 11.3 Å². The van der Waals surface area contributed by atoms with Gasteiger partial charge in [0.05, 0.1) is 11.3 Å². The Bertz CT molecular complexity index is 1150. The molecular formula is C22H21N4O2S+. The highest BCUT2D eigenvalue weighted by Crippen LogP contribution is 2.37. The third-order valence-corrected chi connectivity index (χ3v) is 5.67. The number of hydrogen-bond donors (Lipinski definition) is 1. The Hall–Kier alpha value is -3.19. The molecule has 1 atom stereocenters. The van der Waals surface area contributed by atoms with Gasteiger partial charge in [0.1, 0.15) is 0 Å².